The third-order valence-corrected chi connectivity index (χ3v) is 8.43. The molecular weight excluding hydrogens is 648 g/mol. The summed E-state index contributed by atoms with van der Waals surface area (Å²) in [5, 5.41) is 11.3. The molecule has 10 atom stereocenters. The molecule has 1 aliphatic carbocycles. The summed E-state index contributed by atoms with van der Waals surface area (Å²) in [4.78, 5) is 62.0. The minimum Gasteiger partial charge on any atom is -0.471 e. The maximum absolute atomic E-state index is 13.1. The average molecular weight is 687 g/mol. The fourth-order valence-electron chi connectivity index (χ4n) is 6.34. The average Bonchev–Trinajstić information content (AvgIpc) is 3.59. The van der Waals surface area contributed by atoms with Gasteiger partial charge in [-0.3, -0.25) is 14.4 Å². The molecule has 1 aromatic carbocycles. The number of aliphatic hydroxyl groups is 1. The van der Waals surface area contributed by atoms with E-state index in [1.807, 2.05) is 30.3 Å². The molecule has 264 valence electrons. The number of hydrogen-bond acceptors (Lipinski definition) is 15. The van der Waals surface area contributed by atoms with E-state index in [9.17, 15) is 29.1 Å². The Bertz CT molecular complexity index is 1530. The lowest BCUT2D eigenvalue weighted by Gasteiger charge is -2.46. The standard InChI is InChI=1S/C34H38O15/c1-17(44-18(2)35)23-13-34(49-31(23)40)12-11-22-24(30(39)41-5)15-43-32(26(22)34)48-33-29(46-20(4)37)28(45-19(3)36)27(38)25(47-33)16-42-14-21-9-7-6-8-10-21/h6-13,15,17,22,25-29,32-33,38H,14,16H2,1-5H3/t17-,22+,25+,26+,27+,28-,29+,32+,33-,34?/m0/s1. The summed E-state index contributed by atoms with van der Waals surface area (Å²) >= 11 is 0. The molecule has 1 saturated heterocycles. The summed E-state index contributed by atoms with van der Waals surface area (Å²) in [5.74, 6) is -5.44. The summed E-state index contributed by atoms with van der Waals surface area (Å²) < 4.78 is 51.2. The fourth-order valence-corrected chi connectivity index (χ4v) is 6.34. The number of hydrogen-bond donors (Lipinski definition) is 1. The highest BCUT2D eigenvalue weighted by molar-refractivity contribution is 5.94. The number of benzene rings is 1. The second-order valence-corrected chi connectivity index (χ2v) is 11.9. The first kappa shape index (κ1) is 35.7. The lowest BCUT2D eigenvalue weighted by Crippen LogP contribution is -2.63. The summed E-state index contributed by atoms with van der Waals surface area (Å²) in [6, 6.07) is 9.24. The molecule has 0 radical (unpaired) electrons. The van der Waals surface area contributed by atoms with E-state index < -0.39 is 90.4 Å². The van der Waals surface area contributed by atoms with Crippen LogP contribution in [0, 0.1) is 11.8 Å². The summed E-state index contributed by atoms with van der Waals surface area (Å²) in [6.45, 7) is 4.94. The monoisotopic (exact) mass is 686 g/mol. The van der Waals surface area contributed by atoms with Crippen LogP contribution in [0.15, 0.2) is 66.0 Å². The Hall–Kier alpha value is -4.57. The number of esters is 5. The van der Waals surface area contributed by atoms with E-state index in [0.717, 1.165) is 25.7 Å². The van der Waals surface area contributed by atoms with Crippen LogP contribution in [0.3, 0.4) is 0 Å². The van der Waals surface area contributed by atoms with Crippen LogP contribution in [0.4, 0.5) is 0 Å². The van der Waals surface area contributed by atoms with Crippen molar-refractivity contribution in [2.75, 3.05) is 13.7 Å². The lowest BCUT2D eigenvalue weighted by molar-refractivity contribution is -0.347. The minimum absolute atomic E-state index is 0.0498. The van der Waals surface area contributed by atoms with Crippen LogP contribution in [0.1, 0.15) is 33.3 Å². The van der Waals surface area contributed by atoms with Crippen LogP contribution in [0.5, 0.6) is 0 Å². The summed E-state index contributed by atoms with van der Waals surface area (Å²) in [7, 11) is 1.20. The number of aliphatic hydroxyl groups excluding tert-OH is 1. The molecular formula is C34H38O15. The second kappa shape index (κ2) is 14.9. The van der Waals surface area contributed by atoms with Crippen molar-refractivity contribution in [3.63, 3.8) is 0 Å². The van der Waals surface area contributed by atoms with Gasteiger partial charge in [-0.2, -0.15) is 0 Å². The molecule has 0 aromatic heterocycles. The first-order valence-corrected chi connectivity index (χ1v) is 15.5. The molecule has 5 rings (SSSR count). The second-order valence-electron chi connectivity index (χ2n) is 11.9. The molecule has 1 spiro atoms. The van der Waals surface area contributed by atoms with Crippen molar-refractivity contribution in [1.82, 2.24) is 0 Å². The van der Waals surface area contributed by atoms with E-state index in [1.54, 1.807) is 12.2 Å². The highest BCUT2D eigenvalue weighted by atomic mass is 16.8. The number of rotatable bonds is 11. The van der Waals surface area contributed by atoms with E-state index in [2.05, 4.69) is 0 Å². The van der Waals surface area contributed by atoms with Crippen LogP contribution in [-0.2, 0) is 73.2 Å². The molecule has 49 heavy (non-hydrogen) atoms. The van der Waals surface area contributed by atoms with E-state index in [0.29, 0.717) is 0 Å². The van der Waals surface area contributed by atoms with Gasteiger partial charge in [-0.1, -0.05) is 36.4 Å². The van der Waals surface area contributed by atoms with Crippen LogP contribution >= 0.6 is 0 Å². The van der Waals surface area contributed by atoms with Crippen molar-refractivity contribution < 1.29 is 71.7 Å². The van der Waals surface area contributed by atoms with Gasteiger partial charge in [0.1, 0.15) is 18.3 Å². The number of allylic oxidation sites excluding steroid dienone is 1. The van der Waals surface area contributed by atoms with Gasteiger partial charge in [-0.05, 0) is 24.6 Å². The highest BCUT2D eigenvalue weighted by Crippen LogP contribution is 2.51. The molecule has 0 saturated carbocycles. The number of methoxy groups -OCH3 is 1. The molecule has 1 fully saturated rings. The van der Waals surface area contributed by atoms with Crippen LogP contribution in [-0.4, -0.2) is 97.4 Å². The van der Waals surface area contributed by atoms with Crippen LogP contribution in [0.2, 0.25) is 0 Å². The van der Waals surface area contributed by atoms with Crippen molar-refractivity contribution in [3.05, 3.63) is 71.5 Å². The maximum atomic E-state index is 13.1. The normalized spacial score (nSPS) is 32.2. The molecule has 3 heterocycles. The van der Waals surface area contributed by atoms with Crippen molar-refractivity contribution >= 4 is 29.8 Å². The number of fused-ring (bicyclic) bond motifs is 2. The number of carbonyl (C=O) groups is 5. The summed E-state index contributed by atoms with van der Waals surface area (Å²) in [6.07, 6.45) is -3.69. The molecule has 4 aliphatic rings. The molecule has 0 amide bonds. The van der Waals surface area contributed by atoms with Gasteiger partial charge in [0.15, 0.2) is 17.8 Å². The van der Waals surface area contributed by atoms with Gasteiger partial charge in [0, 0.05) is 26.7 Å². The van der Waals surface area contributed by atoms with E-state index in [4.69, 9.17) is 42.6 Å². The molecule has 1 N–H and O–H groups in total. The van der Waals surface area contributed by atoms with Gasteiger partial charge < -0.3 is 47.7 Å². The van der Waals surface area contributed by atoms with Crippen molar-refractivity contribution in [3.8, 4) is 0 Å². The molecule has 0 bridgehead atoms. The van der Waals surface area contributed by atoms with Crippen molar-refractivity contribution in [2.24, 2.45) is 11.8 Å². The quantitative estimate of drug-likeness (QED) is 0.200. The van der Waals surface area contributed by atoms with Gasteiger partial charge in [0.2, 0.25) is 12.6 Å². The Kier molecular flexibility index (Phi) is 10.9. The van der Waals surface area contributed by atoms with Crippen LogP contribution < -0.4 is 0 Å². The lowest BCUT2D eigenvalue weighted by atomic mass is 9.78. The van der Waals surface area contributed by atoms with E-state index in [1.165, 1.54) is 27.0 Å². The summed E-state index contributed by atoms with van der Waals surface area (Å²) in [5.41, 5.74) is -0.561. The number of ether oxygens (including phenoxy) is 9. The number of carbonyl (C=O) groups excluding carboxylic acids is 5. The third kappa shape index (κ3) is 7.69. The fraction of sp³-hybridized carbons (Fsp3) is 0.500. The first-order chi connectivity index (χ1) is 23.3. The van der Waals surface area contributed by atoms with Crippen molar-refractivity contribution in [1.29, 1.82) is 0 Å². The van der Waals surface area contributed by atoms with Crippen molar-refractivity contribution in [2.45, 2.75) is 83.0 Å². The predicted molar refractivity (Wildman–Crippen MR) is 162 cm³/mol. The Morgan fingerprint density at radius 3 is 2.33 bits per heavy atom. The largest absolute Gasteiger partial charge is 0.471 e. The van der Waals surface area contributed by atoms with Crippen LogP contribution in [0.25, 0.3) is 0 Å². The third-order valence-electron chi connectivity index (χ3n) is 8.43. The Morgan fingerprint density at radius 1 is 0.980 bits per heavy atom. The molecule has 1 unspecified atom stereocenters. The van der Waals surface area contributed by atoms with Gasteiger partial charge in [0.25, 0.3) is 0 Å². The SMILES string of the molecule is COC(=O)C1=CO[C@H](O[C@@H]2O[C@H](COCc3ccccc3)[C@@H](O)[C@H](OC(C)=O)[C@H]2OC(C)=O)[C@H]2[C@@H]1C=CC21C=C([C@H](C)OC(C)=O)C(=O)O1. The Labute approximate surface area is 281 Å². The topological polar surface area (TPSA) is 189 Å². The zero-order valence-corrected chi connectivity index (χ0v) is 27.5. The van der Waals surface area contributed by atoms with Gasteiger partial charge >= 0.3 is 29.8 Å². The zero-order valence-electron chi connectivity index (χ0n) is 27.5. The Balaban J connectivity index is 1.48. The van der Waals surface area contributed by atoms with E-state index >= 15 is 0 Å². The smallest absolute Gasteiger partial charge is 0.338 e. The molecule has 1 aromatic rings. The first-order valence-electron chi connectivity index (χ1n) is 15.5. The van der Waals surface area contributed by atoms with Gasteiger partial charge in [0.05, 0.1) is 43.6 Å². The van der Waals surface area contributed by atoms with Gasteiger partial charge in [-0.15, -0.1) is 0 Å². The minimum atomic E-state index is -1.55. The Morgan fingerprint density at radius 2 is 1.67 bits per heavy atom. The predicted octanol–water partition coefficient (Wildman–Crippen LogP) is 1.56. The molecule has 3 aliphatic heterocycles. The maximum Gasteiger partial charge on any atom is 0.338 e. The molecule has 15 nitrogen and oxygen atoms in total. The van der Waals surface area contributed by atoms with E-state index in [-0.39, 0.29) is 24.4 Å². The molecule has 15 heteroatoms. The van der Waals surface area contributed by atoms with Gasteiger partial charge in [-0.25, -0.2) is 9.59 Å². The highest BCUT2D eigenvalue weighted by Gasteiger charge is 2.60. The zero-order chi connectivity index (χ0) is 35.5.